The Morgan fingerprint density at radius 3 is 2.76 bits per heavy atom. The predicted molar refractivity (Wildman–Crippen MR) is 96.3 cm³/mol. The third-order valence-corrected chi connectivity index (χ3v) is 3.84. The quantitative estimate of drug-likeness (QED) is 0.644. The Balaban J connectivity index is 2.35. The summed E-state index contributed by atoms with van der Waals surface area (Å²) in [4.78, 5) is 20.1. The van der Waals surface area contributed by atoms with Crippen molar-refractivity contribution in [3.8, 4) is 0 Å². The summed E-state index contributed by atoms with van der Waals surface area (Å²) in [6, 6.07) is 7.67. The van der Waals surface area contributed by atoms with Crippen LogP contribution < -0.4 is 5.32 Å². The zero-order valence-corrected chi connectivity index (χ0v) is 14.6. The lowest BCUT2D eigenvalue weighted by atomic mass is 10.1. The van der Waals surface area contributed by atoms with Crippen LogP contribution in [-0.2, 0) is 22.7 Å². The van der Waals surface area contributed by atoms with Gasteiger partial charge in [0.25, 0.3) is 0 Å². The second-order valence-corrected chi connectivity index (χ2v) is 6.50. The van der Waals surface area contributed by atoms with Crippen LogP contribution in [0.4, 0.5) is 5.82 Å². The number of ether oxygens (including phenoxy) is 1. The third-order valence-electron chi connectivity index (χ3n) is 3.84. The van der Waals surface area contributed by atoms with Gasteiger partial charge >= 0.3 is 0 Å². The highest BCUT2D eigenvalue weighted by atomic mass is 16.5. The maximum absolute atomic E-state index is 11.0. The van der Waals surface area contributed by atoms with Crippen LogP contribution in [0.3, 0.4) is 0 Å². The number of carbonyl (C=O) groups excluding carboxylic acids is 1. The first-order valence-corrected chi connectivity index (χ1v) is 8.22. The van der Waals surface area contributed by atoms with Gasteiger partial charge in [-0.15, -0.1) is 0 Å². The van der Waals surface area contributed by atoms with E-state index in [1.54, 1.807) is 13.8 Å². The number of pyridine rings is 1. The van der Waals surface area contributed by atoms with Crippen molar-refractivity contribution in [2.75, 3.05) is 11.9 Å². The van der Waals surface area contributed by atoms with Crippen LogP contribution in [0.25, 0.3) is 21.9 Å². The number of rotatable bonds is 7. The molecule has 0 aliphatic rings. The molecular formula is C18H22N4O3. The molecule has 7 nitrogen and oxygen atoms in total. The molecule has 132 valence electrons. The molecular weight excluding hydrogens is 320 g/mol. The SMILES string of the molecule is CCOCc1nc2c(NC=O)nc3ccccc3c2n1CC(C)(C)O. The molecule has 0 saturated heterocycles. The van der Waals surface area contributed by atoms with Gasteiger partial charge in [0.15, 0.2) is 5.82 Å². The third kappa shape index (κ3) is 3.47. The molecule has 0 bridgehead atoms. The number of fused-ring (bicyclic) bond motifs is 3. The fourth-order valence-corrected chi connectivity index (χ4v) is 2.90. The first kappa shape index (κ1) is 17.3. The molecule has 0 saturated carbocycles. The minimum absolute atomic E-state index is 0.316. The molecule has 0 spiro atoms. The Bertz CT molecular complexity index is 912. The second-order valence-electron chi connectivity index (χ2n) is 6.50. The first-order chi connectivity index (χ1) is 11.9. The number of hydrogen-bond acceptors (Lipinski definition) is 5. The number of aromatic nitrogens is 3. The van der Waals surface area contributed by atoms with Gasteiger partial charge in [-0.1, -0.05) is 18.2 Å². The number of anilines is 1. The monoisotopic (exact) mass is 342 g/mol. The zero-order chi connectivity index (χ0) is 18.0. The van der Waals surface area contributed by atoms with Crippen LogP contribution in [0.15, 0.2) is 24.3 Å². The standard InChI is InChI=1S/C18H22N4O3/c1-4-25-9-14-21-15-16(22(14)10-18(2,3)24)12-7-5-6-8-13(12)20-17(15)19-11-23/h5-8,11,24H,4,9-10H2,1-3H3,(H,19,20,23). The number of benzene rings is 1. The summed E-state index contributed by atoms with van der Waals surface area (Å²) >= 11 is 0. The Labute approximate surface area is 145 Å². The van der Waals surface area contributed by atoms with E-state index < -0.39 is 5.60 Å². The van der Waals surface area contributed by atoms with E-state index in [0.29, 0.717) is 43.3 Å². The topological polar surface area (TPSA) is 89.3 Å². The van der Waals surface area contributed by atoms with Gasteiger partial charge in [-0.25, -0.2) is 9.97 Å². The predicted octanol–water partition coefficient (Wildman–Crippen LogP) is 2.46. The van der Waals surface area contributed by atoms with Crippen molar-refractivity contribution < 1.29 is 14.6 Å². The van der Waals surface area contributed by atoms with E-state index in [9.17, 15) is 9.90 Å². The van der Waals surface area contributed by atoms with E-state index in [1.807, 2.05) is 35.8 Å². The van der Waals surface area contributed by atoms with E-state index in [2.05, 4.69) is 15.3 Å². The summed E-state index contributed by atoms with van der Waals surface area (Å²) in [5.41, 5.74) is 1.23. The number of aliphatic hydroxyl groups is 1. The van der Waals surface area contributed by atoms with Crippen LogP contribution in [0, 0.1) is 0 Å². The lowest BCUT2D eigenvalue weighted by molar-refractivity contribution is -0.105. The normalized spacial score (nSPS) is 12.0. The molecule has 1 amide bonds. The fourth-order valence-electron chi connectivity index (χ4n) is 2.90. The van der Waals surface area contributed by atoms with E-state index in [1.165, 1.54) is 0 Å². The van der Waals surface area contributed by atoms with Crippen LogP contribution in [-0.4, -0.2) is 38.3 Å². The lowest BCUT2D eigenvalue weighted by Gasteiger charge is -2.20. The summed E-state index contributed by atoms with van der Waals surface area (Å²) in [6.07, 6.45) is 0.591. The summed E-state index contributed by atoms with van der Waals surface area (Å²) in [5, 5.41) is 13.9. The van der Waals surface area contributed by atoms with E-state index in [4.69, 9.17) is 4.74 Å². The Kier molecular flexibility index (Phi) is 4.69. The van der Waals surface area contributed by atoms with Gasteiger partial charge in [-0.2, -0.15) is 0 Å². The van der Waals surface area contributed by atoms with Crippen molar-refractivity contribution in [1.82, 2.24) is 14.5 Å². The number of carbonyl (C=O) groups is 1. The molecule has 1 aromatic carbocycles. The largest absolute Gasteiger partial charge is 0.389 e. The molecule has 0 radical (unpaired) electrons. The second kappa shape index (κ2) is 6.78. The Hall–Kier alpha value is -2.51. The van der Waals surface area contributed by atoms with Crippen molar-refractivity contribution in [3.63, 3.8) is 0 Å². The fraction of sp³-hybridized carbons (Fsp3) is 0.389. The van der Waals surface area contributed by atoms with Crippen molar-refractivity contribution in [3.05, 3.63) is 30.1 Å². The maximum Gasteiger partial charge on any atom is 0.212 e. The molecule has 25 heavy (non-hydrogen) atoms. The molecule has 2 aromatic heterocycles. The summed E-state index contributed by atoms with van der Waals surface area (Å²) in [5.74, 6) is 1.09. The highest BCUT2D eigenvalue weighted by Crippen LogP contribution is 2.31. The van der Waals surface area contributed by atoms with Crippen molar-refractivity contribution in [1.29, 1.82) is 0 Å². The van der Waals surface area contributed by atoms with Gasteiger partial charge in [-0.05, 0) is 26.8 Å². The van der Waals surface area contributed by atoms with Crippen LogP contribution >= 0.6 is 0 Å². The van der Waals surface area contributed by atoms with Crippen molar-refractivity contribution in [2.45, 2.75) is 39.5 Å². The molecule has 7 heteroatoms. The number of nitrogens with one attached hydrogen (secondary N) is 1. The minimum Gasteiger partial charge on any atom is -0.389 e. The molecule has 0 aliphatic heterocycles. The maximum atomic E-state index is 11.0. The summed E-state index contributed by atoms with van der Waals surface area (Å²) in [7, 11) is 0. The van der Waals surface area contributed by atoms with Crippen LogP contribution in [0.2, 0.25) is 0 Å². The van der Waals surface area contributed by atoms with Crippen LogP contribution in [0.1, 0.15) is 26.6 Å². The first-order valence-electron chi connectivity index (χ1n) is 8.22. The van der Waals surface area contributed by atoms with Gasteiger partial charge in [-0.3, -0.25) is 4.79 Å². The minimum atomic E-state index is -0.933. The smallest absolute Gasteiger partial charge is 0.212 e. The number of amides is 1. The average molecular weight is 342 g/mol. The molecule has 0 aliphatic carbocycles. The molecule has 2 heterocycles. The molecule has 2 N–H and O–H groups in total. The molecule has 3 rings (SSSR count). The Morgan fingerprint density at radius 1 is 1.32 bits per heavy atom. The summed E-state index contributed by atoms with van der Waals surface area (Å²) < 4.78 is 7.49. The van der Waals surface area contributed by atoms with E-state index in [-0.39, 0.29) is 0 Å². The zero-order valence-electron chi connectivity index (χ0n) is 14.6. The molecule has 0 fully saturated rings. The average Bonchev–Trinajstić information content (AvgIpc) is 2.90. The number of nitrogens with zero attached hydrogens (tertiary/aromatic N) is 3. The van der Waals surface area contributed by atoms with Gasteiger partial charge in [0.2, 0.25) is 6.41 Å². The number of imidazole rings is 1. The van der Waals surface area contributed by atoms with Gasteiger partial charge in [0.1, 0.15) is 17.9 Å². The van der Waals surface area contributed by atoms with Gasteiger partial charge < -0.3 is 19.7 Å². The highest BCUT2D eigenvalue weighted by Gasteiger charge is 2.22. The van der Waals surface area contributed by atoms with E-state index >= 15 is 0 Å². The highest BCUT2D eigenvalue weighted by molar-refractivity contribution is 6.08. The number of hydrogen-bond donors (Lipinski definition) is 2. The molecule has 0 atom stereocenters. The van der Waals surface area contributed by atoms with Crippen molar-refractivity contribution >= 4 is 34.2 Å². The molecule has 0 unspecified atom stereocenters. The van der Waals surface area contributed by atoms with Crippen LogP contribution in [0.5, 0.6) is 0 Å². The lowest BCUT2D eigenvalue weighted by Crippen LogP contribution is -2.27. The van der Waals surface area contributed by atoms with E-state index in [0.717, 1.165) is 16.4 Å². The number of para-hydroxylation sites is 1. The molecule has 3 aromatic rings. The van der Waals surface area contributed by atoms with Crippen molar-refractivity contribution in [2.24, 2.45) is 0 Å². The Morgan fingerprint density at radius 2 is 2.08 bits per heavy atom. The van der Waals surface area contributed by atoms with Gasteiger partial charge in [0.05, 0.1) is 23.2 Å². The van der Waals surface area contributed by atoms with Gasteiger partial charge in [0, 0.05) is 12.0 Å². The summed E-state index contributed by atoms with van der Waals surface area (Å²) in [6.45, 7) is 6.63.